The summed E-state index contributed by atoms with van der Waals surface area (Å²) in [5.74, 6) is -1.80. The molecule has 4 rings (SSSR count). The van der Waals surface area contributed by atoms with Crippen LogP contribution in [0.1, 0.15) is 36.1 Å². The van der Waals surface area contributed by atoms with Gasteiger partial charge in [-0.2, -0.15) is 0 Å². The average molecular weight is 583 g/mol. The summed E-state index contributed by atoms with van der Waals surface area (Å²) < 4.78 is 57.9. The van der Waals surface area contributed by atoms with E-state index in [-0.39, 0.29) is 17.2 Å². The minimum Gasteiger partial charge on any atom is -0.356 e. The summed E-state index contributed by atoms with van der Waals surface area (Å²) in [5, 5.41) is 3.25. The van der Waals surface area contributed by atoms with Crippen LogP contribution in [0, 0.1) is 11.6 Å². The fraction of sp³-hybridized carbons (Fsp3) is 0.194. The van der Waals surface area contributed by atoms with Crippen LogP contribution in [0.2, 0.25) is 5.02 Å². The summed E-state index contributed by atoms with van der Waals surface area (Å²) in [6.07, 6.45) is 1.21. The number of hydrogen-bond donors (Lipinski definition) is 1. The topological polar surface area (TPSA) is 66.5 Å². The molecule has 0 heterocycles. The third kappa shape index (κ3) is 7.06. The summed E-state index contributed by atoms with van der Waals surface area (Å²) in [6.45, 7) is 2.10. The summed E-state index contributed by atoms with van der Waals surface area (Å²) >= 11 is 5.96. The number of carbonyl (C=O) groups is 1. The SMILES string of the molecule is C[C@H](c1ccccc1CCC(=O)NCCc1ccccc1)N(c1cc(F)ccc1F)S(=O)(=O)c1ccc(Cl)cc1. The molecule has 0 fully saturated rings. The van der Waals surface area contributed by atoms with E-state index in [0.717, 1.165) is 33.6 Å². The number of carbonyl (C=O) groups excluding carboxylic acids is 1. The van der Waals surface area contributed by atoms with Crippen LogP contribution in [0.5, 0.6) is 0 Å². The number of anilines is 1. The maximum absolute atomic E-state index is 15.1. The van der Waals surface area contributed by atoms with Gasteiger partial charge in [0.15, 0.2) is 0 Å². The van der Waals surface area contributed by atoms with Crippen LogP contribution in [0.4, 0.5) is 14.5 Å². The fourth-order valence-corrected chi connectivity index (χ4v) is 6.31. The van der Waals surface area contributed by atoms with Crippen LogP contribution < -0.4 is 9.62 Å². The standard InChI is InChI=1S/C31H29ClF2N2O3S/c1-22(28-10-6-5-9-24(28)11-18-31(37)35-20-19-23-7-3-2-4-8-23)36(30-21-26(33)14-17-29(30)34)40(38,39)27-15-12-25(32)13-16-27/h2-10,12-17,21-22H,11,18-20H2,1H3,(H,35,37)/t22-/m1/s1. The van der Waals surface area contributed by atoms with Gasteiger partial charge in [-0.1, -0.05) is 66.2 Å². The Morgan fingerprint density at radius 3 is 2.30 bits per heavy atom. The highest BCUT2D eigenvalue weighted by atomic mass is 35.5. The van der Waals surface area contributed by atoms with Gasteiger partial charge in [0.05, 0.1) is 16.6 Å². The van der Waals surface area contributed by atoms with E-state index in [4.69, 9.17) is 11.6 Å². The first-order valence-corrected chi connectivity index (χ1v) is 14.6. The van der Waals surface area contributed by atoms with Crippen LogP contribution >= 0.6 is 11.6 Å². The molecule has 0 aliphatic rings. The Morgan fingerprint density at radius 2 is 1.57 bits per heavy atom. The van der Waals surface area contributed by atoms with Crippen molar-refractivity contribution in [2.24, 2.45) is 0 Å². The van der Waals surface area contributed by atoms with Gasteiger partial charge < -0.3 is 5.32 Å². The number of nitrogens with zero attached hydrogens (tertiary/aromatic N) is 1. The van der Waals surface area contributed by atoms with Gasteiger partial charge in [0.1, 0.15) is 11.6 Å². The predicted molar refractivity (Wildman–Crippen MR) is 154 cm³/mol. The molecule has 0 bridgehead atoms. The Hall–Kier alpha value is -3.75. The number of rotatable bonds is 11. The number of benzene rings is 4. The van der Waals surface area contributed by atoms with E-state index in [1.807, 2.05) is 30.3 Å². The third-order valence-electron chi connectivity index (χ3n) is 6.57. The quantitative estimate of drug-likeness (QED) is 0.210. The van der Waals surface area contributed by atoms with Gasteiger partial charge in [-0.15, -0.1) is 0 Å². The van der Waals surface area contributed by atoms with Gasteiger partial charge in [0.2, 0.25) is 5.91 Å². The lowest BCUT2D eigenvalue weighted by molar-refractivity contribution is -0.121. The van der Waals surface area contributed by atoms with Crippen molar-refractivity contribution in [2.45, 2.75) is 37.1 Å². The van der Waals surface area contributed by atoms with Crippen molar-refractivity contribution in [1.29, 1.82) is 0 Å². The summed E-state index contributed by atoms with van der Waals surface area (Å²) in [4.78, 5) is 12.5. The summed E-state index contributed by atoms with van der Waals surface area (Å²) in [6, 6.07) is 24.1. The highest BCUT2D eigenvalue weighted by molar-refractivity contribution is 7.92. The van der Waals surface area contributed by atoms with E-state index < -0.39 is 33.4 Å². The Labute approximate surface area is 238 Å². The number of nitrogens with one attached hydrogen (secondary N) is 1. The zero-order valence-corrected chi connectivity index (χ0v) is 23.4. The summed E-state index contributed by atoms with van der Waals surface area (Å²) in [5.41, 5.74) is 1.99. The molecule has 0 aromatic heterocycles. The Kier molecular flexibility index (Phi) is 9.55. The molecule has 208 valence electrons. The zero-order chi connectivity index (χ0) is 28.7. The molecule has 0 spiro atoms. The van der Waals surface area contributed by atoms with Crippen LogP contribution in [-0.4, -0.2) is 20.9 Å². The zero-order valence-electron chi connectivity index (χ0n) is 21.9. The summed E-state index contributed by atoms with van der Waals surface area (Å²) in [7, 11) is -4.36. The van der Waals surface area contributed by atoms with Gasteiger partial charge in [-0.3, -0.25) is 9.10 Å². The number of aryl methyl sites for hydroxylation is 1. The minimum atomic E-state index is -4.36. The van der Waals surface area contributed by atoms with Gasteiger partial charge in [0, 0.05) is 24.1 Å². The van der Waals surface area contributed by atoms with Gasteiger partial charge in [-0.05, 0) is 72.9 Å². The lowest BCUT2D eigenvalue weighted by Gasteiger charge is -2.32. The highest BCUT2D eigenvalue weighted by Gasteiger charge is 2.33. The van der Waals surface area contributed by atoms with E-state index in [0.29, 0.717) is 30.0 Å². The largest absolute Gasteiger partial charge is 0.356 e. The first-order chi connectivity index (χ1) is 19.2. The number of hydrogen-bond acceptors (Lipinski definition) is 3. The third-order valence-corrected chi connectivity index (χ3v) is 8.72. The second-order valence-corrected chi connectivity index (χ2v) is 11.6. The van der Waals surface area contributed by atoms with E-state index >= 15 is 4.39 Å². The number of sulfonamides is 1. The molecule has 0 unspecified atom stereocenters. The van der Waals surface area contributed by atoms with Crippen molar-refractivity contribution in [3.8, 4) is 0 Å². The molecule has 1 amide bonds. The molecule has 9 heteroatoms. The number of amides is 1. The molecule has 1 atom stereocenters. The van der Waals surface area contributed by atoms with Crippen LogP contribution in [0.3, 0.4) is 0 Å². The molecular formula is C31H29ClF2N2O3S. The second-order valence-electron chi connectivity index (χ2n) is 9.31. The molecule has 40 heavy (non-hydrogen) atoms. The van der Waals surface area contributed by atoms with Crippen molar-refractivity contribution in [1.82, 2.24) is 5.32 Å². The molecule has 0 saturated carbocycles. The smallest absolute Gasteiger partial charge is 0.264 e. The Morgan fingerprint density at radius 1 is 0.900 bits per heavy atom. The van der Waals surface area contributed by atoms with Crippen LogP contribution in [0.25, 0.3) is 0 Å². The van der Waals surface area contributed by atoms with E-state index in [1.165, 1.54) is 24.3 Å². The number of halogens is 3. The molecular weight excluding hydrogens is 554 g/mol. The monoisotopic (exact) mass is 582 g/mol. The first-order valence-electron chi connectivity index (χ1n) is 12.8. The molecule has 0 radical (unpaired) electrons. The molecule has 0 aliphatic carbocycles. The lowest BCUT2D eigenvalue weighted by atomic mass is 9.97. The molecule has 5 nitrogen and oxygen atoms in total. The van der Waals surface area contributed by atoms with E-state index in [9.17, 15) is 17.6 Å². The molecule has 0 saturated heterocycles. The Balaban J connectivity index is 1.60. The van der Waals surface area contributed by atoms with Crippen molar-refractivity contribution in [2.75, 3.05) is 10.8 Å². The van der Waals surface area contributed by atoms with E-state index in [1.54, 1.807) is 31.2 Å². The van der Waals surface area contributed by atoms with Gasteiger partial charge in [-0.25, -0.2) is 17.2 Å². The molecule has 4 aromatic carbocycles. The van der Waals surface area contributed by atoms with Gasteiger partial charge in [0.25, 0.3) is 10.0 Å². The Bertz CT molecular complexity index is 1570. The maximum Gasteiger partial charge on any atom is 0.264 e. The normalized spacial score (nSPS) is 12.1. The van der Waals surface area contributed by atoms with Crippen LogP contribution in [-0.2, 0) is 27.7 Å². The van der Waals surface area contributed by atoms with Gasteiger partial charge >= 0.3 is 0 Å². The van der Waals surface area contributed by atoms with Crippen molar-refractivity contribution in [3.63, 3.8) is 0 Å². The maximum atomic E-state index is 15.1. The predicted octanol–water partition coefficient (Wildman–Crippen LogP) is 6.87. The fourth-order valence-electron chi connectivity index (χ4n) is 4.54. The second kappa shape index (κ2) is 13.1. The van der Waals surface area contributed by atoms with Crippen LogP contribution in [0.15, 0.2) is 102 Å². The van der Waals surface area contributed by atoms with Crippen molar-refractivity contribution in [3.05, 3.63) is 130 Å². The first kappa shape index (κ1) is 29.2. The van der Waals surface area contributed by atoms with Crippen molar-refractivity contribution < 1.29 is 22.0 Å². The minimum absolute atomic E-state index is 0.123. The molecule has 1 N–H and O–H groups in total. The molecule has 0 aliphatic heterocycles. The highest BCUT2D eigenvalue weighted by Crippen LogP contribution is 2.37. The van der Waals surface area contributed by atoms with E-state index in [2.05, 4.69) is 5.32 Å². The average Bonchev–Trinajstić information content (AvgIpc) is 2.94. The lowest BCUT2D eigenvalue weighted by Crippen LogP contribution is -2.35. The van der Waals surface area contributed by atoms with Crippen molar-refractivity contribution >= 4 is 33.2 Å². The molecule has 4 aromatic rings.